The monoisotopic (exact) mass is 292 g/mol. The lowest BCUT2D eigenvalue weighted by Gasteiger charge is -2.32. The van der Waals surface area contributed by atoms with Crippen LogP contribution >= 0.6 is 12.2 Å². The Morgan fingerprint density at radius 1 is 1.50 bits per heavy atom. The van der Waals surface area contributed by atoms with Gasteiger partial charge in [-0.3, -0.25) is 0 Å². The molecule has 0 spiro atoms. The van der Waals surface area contributed by atoms with Crippen LogP contribution in [0, 0.1) is 5.92 Å². The third kappa shape index (κ3) is 3.70. The molecule has 2 atom stereocenters. The number of likely N-dealkylation sites (N-methyl/N-ethyl adjacent to an activating group) is 1. The van der Waals surface area contributed by atoms with Crippen LogP contribution in [-0.2, 0) is 0 Å². The maximum Gasteiger partial charge on any atom is 0.122 e. The van der Waals surface area contributed by atoms with Crippen molar-refractivity contribution in [3.05, 3.63) is 29.8 Å². The van der Waals surface area contributed by atoms with Gasteiger partial charge in [-0.25, -0.2) is 0 Å². The van der Waals surface area contributed by atoms with Crippen molar-refractivity contribution in [1.29, 1.82) is 0 Å². The van der Waals surface area contributed by atoms with Gasteiger partial charge in [0.1, 0.15) is 5.75 Å². The second-order valence-corrected chi connectivity index (χ2v) is 6.00. The van der Waals surface area contributed by atoms with E-state index in [1.165, 1.54) is 5.56 Å². The number of nitrogens with zero attached hydrogens (tertiary/aromatic N) is 1. The third-order valence-electron chi connectivity index (χ3n) is 4.03. The first-order chi connectivity index (χ1) is 9.61. The molecule has 0 saturated carbocycles. The number of hydrogen-bond acceptors (Lipinski definition) is 3. The Morgan fingerprint density at radius 3 is 2.95 bits per heavy atom. The van der Waals surface area contributed by atoms with Gasteiger partial charge in [0.15, 0.2) is 0 Å². The Balaban J connectivity index is 2.03. The minimum absolute atomic E-state index is 0.264. The van der Waals surface area contributed by atoms with Crippen LogP contribution in [0.5, 0.6) is 5.75 Å². The van der Waals surface area contributed by atoms with Crippen LogP contribution in [0.25, 0.3) is 0 Å². The Hall–Kier alpha value is -1.13. The van der Waals surface area contributed by atoms with Crippen molar-refractivity contribution >= 4 is 17.2 Å². The lowest BCUT2D eigenvalue weighted by atomic mass is 9.92. The standard InChI is InChI=1S/C16H24N2OS/c1-3-18(10-12(2)16(17)20)11-13-8-9-19-15-7-5-4-6-14(13)15/h4-7,12-13H,3,8-11H2,1-2H3,(H2,17,20). The molecule has 2 unspecified atom stereocenters. The Morgan fingerprint density at radius 2 is 2.25 bits per heavy atom. The summed E-state index contributed by atoms with van der Waals surface area (Å²) in [6.07, 6.45) is 1.08. The largest absolute Gasteiger partial charge is 0.493 e. The average Bonchev–Trinajstić information content (AvgIpc) is 2.46. The molecule has 0 saturated heterocycles. The SMILES string of the molecule is CCN(CC(C)C(N)=S)CC1CCOc2ccccc21. The molecule has 1 heterocycles. The summed E-state index contributed by atoms with van der Waals surface area (Å²) in [7, 11) is 0. The highest BCUT2D eigenvalue weighted by atomic mass is 32.1. The van der Waals surface area contributed by atoms with E-state index in [9.17, 15) is 0 Å². The van der Waals surface area contributed by atoms with Crippen LogP contribution < -0.4 is 10.5 Å². The van der Waals surface area contributed by atoms with E-state index in [4.69, 9.17) is 22.7 Å². The second-order valence-electron chi connectivity index (χ2n) is 5.53. The number of benzene rings is 1. The minimum atomic E-state index is 0.264. The summed E-state index contributed by atoms with van der Waals surface area (Å²) in [5.74, 6) is 1.85. The van der Waals surface area contributed by atoms with Gasteiger partial charge in [-0.2, -0.15) is 0 Å². The molecule has 1 aromatic carbocycles. The lowest BCUT2D eigenvalue weighted by molar-refractivity contribution is 0.210. The van der Waals surface area contributed by atoms with Crippen LogP contribution in [0.15, 0.2) is 24.3 Å². The molecule has 0 aromatic heterocycles. The fourth-order valence-corrected chi connectivity index (χ4v) is 2.80. The summed E-state index contributed by atoms with van der Waals surface area (Å²) < 4.78 is 5.73. The quantitative estimate of drug-likeness (QED) is 0.818. The summed E-state index contributed by atoms with van der Waals surface area (Å²) in [5.41, 5.74) is 7.07. The molecular formula is C16H24N2OS. The number of rotatable bonds is 6. The summed E-state index contributed by atoms with van der Waals surface area (Å²) in [6, 6.07) is 8.38. The van der Waals surface area contributed by atoms with Gasteiger partial charge in [0, 0.05) is 24.9 Å². The molecule has 20 heavy (non-hydrogen) atoms. The van der Waals surface area contributed by atoms with E-state index in [-0.39, 0.29) is 5.92 Å². The molecule has 0 fully saturated rings. The molecule has 0 bridgehead atoms. The smallest absolute Gasteiger partial charge is 0.122 e. The van der Waals surface area contributed by atoms with E-state index >= 15 is 0 Å². The van der Waals surface area contributed by atoms with Gasteiger partial charge in [0.2, 0.25) is 0 Å². The van der Waals surface area contributed by atoms with E-state index in [1.54, 1.807) is 0 Å². The zero-order chi connectivity index (χ0) is 14.5. The fourth-order valence-electron chi connectivity index (χ4n) is 2.73. The summed E-state index contributed by atoms with van der Waals surface area (Å²) in [4.78, 5) is 3.05. The van der Waals surface area contributed by atoms with Gasteiger partial charge < -0.3 is 15.4 Å². The number of para-hydroxylation sites is 1. The molecule has 0 radical (unpaired) electrons. The Bertz CT molecular complexity index is 464. The van der Waals surface area contributed by atoms with Gasteiger partial charge in [-0.1, -0.05) is 44.3 Å². The van der Waals surface area contributed by atoms with Crippen LogP contribution in [-0.4, -0.2) is 36.1 Å². The predicted octanol–water partition coefficient (Wildman–Crippen LogP) is 2.80. The maximum atomic E-state index is 5.73. The number of ether oxygens (including phenoxy) is 1. The van der Waals surface area contributed by atoms with E-state index in [0.29, 0.717) is 10.9 Å². The Labute approximate surface area is 127 Å². The van der Waals surface area contributed by atoms with E-state index in [1.807, 2.05) is 6.07 Å². The summed E-state index contributed by atoms with van der Waals surface area (Å²) in [5, 5.41) is 0. The Kier molecular flexibility index (Phi) is 5.38. The molecule has 3 nitrogen and oxygen atoms in total. The number of fused-ring (bicyclic) bond motifs is 1. The lowest BCUT2D eigenvalue weighted by Crippen LogP contribution is -2.37. The van der Waals surface area contributed by atoms with Crippen molar-refractivity contribution in [3.63, 3.8) is 0 Å². The van der Waals surface area contributed by atoms with E-state index in [2.05, 4.69) is 36.9 Å². The van der Waals surface area contributed by atoms with E-state index in [0.717, 1.165) is 38.4 Å². The first-order valence-electron chi connectivity index (χ1n) is 7.35. The molecule has 2 N–H and O–H groups in total. The molecule has 0 amide bonds. The molecule has 4 heteroatoms. The first kappa shape index (κ1) is 15.3. The topological polar surface area (TPSA) is 38.5 Å². The minimum Gasteiger partial charge on any atom is -0.493 e. The summed E-state index contributed by atoms with van der Waals surface area (Å²) >= 11 is 5.08. The molecule has 2 rings (SSSR count). The van der Waals surface area contributed by atoms with Crippen molar-refractivity contribution in [2.75, 3.05) is 26.2 Å². The molecule has 1 aromatic rings. The van der Waals surface area contributed by atoms with E-state index < -0.39 is 0 Å². The van der Waals surface area contributed by atoms with Gasteiger partial charge in [-0.15, -0.1) is 0 Å². The average molecular weight is 292 g/mol. The first-order valence-corrected chi connectivity index (χ1v) is 7.76. The van der Waals surface area contributed by atoms with Crippen molar-refractivity contribution in [3.8, 4) is 5.75 Å². The maximum absolute atomic E-state index is 5.73. The van der Waals surface area contributed by atoms with Gasteiger partial charge in [0.05, 0.1) is 11.6 Å². The molecular weight excluding hydrogens is 268 g/mol. The van der Waals surface area contributed by atoms with Crippen LogP contribution in [0.2, 0.25) is 0 Å². The van der Waals surface area contributed by atoms with Crippen LogP contribution in [0.1, 0.15) is 31.7 Å². The van der Waals surface area contributed by atoms with Crippen molar-refractivity contribution in [2.24, 2.45) is 11.7 Å². The van der Waals surface area contributed by atoms with Crippen LogP contribution in [0.4, 0.5) is 0 Å². The highest BCUT2D eigenvalue weighted by Gasteiger charge is 2.23. The van der Waals surface area contributed by atoms with Gasteiger partial charge in [0.25, 0.3) is 0 Å². The van der Waals surface area contributed by atoms with Crippen molar-refractivity contribution in [1.82, 2.24) is 4.90 Å². The third-order valence-corrected chi connectivity index (χ3v) is 4.43. The summed E-state index contributed by atoms with van der Waals surface area (Å²) in [6.45, 7) is 8.10. The molecule has 1 aliphatic heterocycles. The predicted molar refractivity (Wildman–Crippen MR) is 87.4 cm³/mol. The molecule has 0 aliphatic carbocycles. The second kappa shape index (κ2) is 7.04. The van der Waals surface area contributed by atoms with Gasteiger partial charge >= 0.3 is 0 Å². The van der Waals surface area contributed by atoms with Crippen molar-refractivity contribution < 1.29 is 4.74 Å². The molecule has 110 valence electrons. The zero-order valence-electron chi connectivity index (χ0n) is 12.3. The highest BCUT2D eigenvalue weighted by molar-refractivity contribution is 7.80. The zero-order valence-corrected chi connectivity index (χ0v) is 13.2. The number of hydrogen-bond donors (Lipinski definition) is 1. The fraction of sp³-hybridized carbons (Fsp3) is 0.562. The highest BCUT2D eigenvalue weighted by Crippen LogP contribution is 2.33. The van der Waals surface area contributed by atoms with Crippen LogP contribution in [0.3, 0.4) is 0 Å². The number of thiocarbonyl (C=S) groups is 1. The van der Waals surface area contributed by atoms with Crippen molar-refractivity contribution in [2.45, 2.75) is 26.2 Å². The molecule has 1 aliphatic rings. The normalized spacial score (nSPS) is 19.2. The van der Waals surface area contributed by atoms with Gasteiger partial charge in [-0.05, 0) is 24.6 Å². The number of nitrogens with two attached hydrogens (primary N) is 1.